The Kier molecular flexibility index (Phi) is 12.9. The van der Waals surface area contributed by atoms with E-state index in [1.807, 2.05) is 13.8 Å². The fourth-order valence-corrected chi connectivity index (χ4v) is 4.18. The second kappa shape index (κ2) is 15.8. The molecule has 0 bridgehead atoms. The minimum Gasteiger partial charge on any atom is -0.491 e. The Morgan fingerprint density at radius 3 is 2.33 bits per heavy atom. The summed E-state index contributed by atoms with van der Waals surface area (Å²) < 4.78 is 5.86. The number of nitrogens with zero attached hydrogens (tertiary/aromatic N) is 1. The summed E-state index contributed by atoms with van der Waals surface area (Å²) in [5, 5.41) is 13.5. The number of rotatable bonds is 7. The van der Waals surface area contributed by atoms with Gasteiger partial charge in [0.15, 0.2) is 0 Å². The van der Waals surface area contributed by atoms with Crippen LogP contribution >= 0.6 is 0 Å². The van der Waals surface area contributed by atoms with E-state index in [4.69, 9.17) is 4.74 Å². The van der Waals surface area contributed by atoms with Crippen LogP contribution in [-0.2, 0) is 19.2 Å². The molecule has 0 saturated heterocycles. The van der Waals surface area contributed by atoms with Gasteiger partial charge in [0.1, 0.15) is 30.5 Å². The molecule has 0 saturated carbocycles. The number of carbonyl (C=O) groups is 5. The van der Waals surface area contributed by atoms with E-state index >= 15 is 0 Å². The van der Waals surface area contributed by atoms with Crippen molar-refractivity contribution in [3.63, 3.8) is 0 Å². The van der Waals surface area contributed by atoms with Gasteiger partial charge in [-0.15, -0.1) is 0 Å². The van der Waals surface area contributed by atoms with E-state index in [0.717, 1.165) is 13.1 Å². The summed E-state index contributed by atoms with van der Waals surface area (Å²) in [6.07, 6.45) is -0.394. The Hall–Kier alpha value is -3.67. The quantitative estimate of drug-likeness (QED) is 0.318. The normalized spacial score (nSPS) is 23.2. The van der Waals surface area contributed by atoms with Crippen molar-refractivity contribution in [2.45, 2.75) is 72.1 Å². The minimum absolute atomic E-state index is 0.0561. The third-order valence-corrected chi connectivity index (χ3v) is 6.66. The molecule has 0 unspecified atom stereocenters. The summed E-state index contributed by atoms with van der Waals surface area (Å²) in [7, 11) is 0. The molecule has 222 valence electrons. The third-order valence-electron chi connectivity index (χ3n) is 6.66. The van der Waals surface area contributed by atoms with E-state index in [9.17, 15) is 24.0 Å². The number of benzene rings is 1. The molecule has 4 atom stereocenters. The predicted molar refractivity (Wildman–Crippen MR) is 151 cm³/mol. The second-order valence-corrected chi connectivity index (χ2v) is 10.3. The second-order valence-electron chi connectivity index (χ2n) is 10.3. The van der Waals surface area contributed by atoms with Crippen LogP contribution in [0.1, 0.15) is 58.3 Å². The molecule has 1 aliphatic rings. The number of nitrogens with one attached hydrogen (secondary N) is 5. The van der Waals surface area contributed by atoms with Crippen LogP contribution in [0.4, 0.5) is 0 Å². The molecule has 40 heavy (non-hydrogen) atoms. The lowest BCUT2D eigenvalue weighted by atomic mass is 10.0. The van der Waals surface area contributed by atoms with Gasteiger partial charge >= 0.3 is 0 Å². The van der Waals surface area contributed by atoms with Gasteiger partial charge in [0.25, 0.3) is 5.91 Å². The fourth-order valence-electron chi connectivity index (χ4n) is 4.18. The van der Waals surface area contributed by atoms with Crippen LogP contribution in [0.15, 0.2) is 24.3 Å². The zero-order valence-corrected chi connectivity index (χ0v) is 24.3. The number of amides is 5. The number of para-hydroxylation sites is 1. The lowest BCUT2D eigenvalue weighted by Crippen LogP contribution is -2.56. The minimum atomic E-state index is -1.20. The molecule has 1 aromatic carbocycles. The average molecular weight is 561 g/mol. The highest BCUT2D eigenvalue weighted by Gasteiger charge is 2.30. The summed E-state index contributed by atoms with van der Waals surface area (Å²) in [5.41, 5.74) is 0.178. The monoisotopic (exact) mass is 560 g/mol. The van der Waals surface area contributed by atoms with Crippen molar-refractivity contribution >= 4 is 29.5 Å². The number of hydrogen-bond donors (Lipinski definition) is 5. The van der Waals surface area contributed by atoms with Crippen LogP contribution in [-0.4, -0.2) is 91.4 Å². The van der Waals surface area contributed by atoms with E-state index in [-0.39, 0.29) is 23.8 Å². The molecular formula is C28H44N6O6. The number of fused-ring (bicyclic) bond motifs is 1. The Bertz CT molecular complexity index is 1040. The molecule has 0 aromatic heterocycles. The standard InChI is InChI=1S/C28H44N6O6/c1-7-34(8-2)14-13-29-27(38)21-15-23(35)31-19(6)25(36)33-24(17(3)4)28(39)30-18(5)16-40-22-12-10-9-11-20(22)26(37)32-21/h9-12,17-19,21,24H,7-8,13-16H2,1-6H3,(H,29,38)(H,30,39)(H,31,35)(H,32,37)(H,33,36)/t18-,19-,21-,24+/m0/s1. The Morgan fingerprint density at radius 1 is 1.00 bits per heavy atom. The molecule has 1 heterocycles. The highest BCUT2D eigenvalue weighted by Crippen LogP contribution is 2.19. The van der Waals surface area contributed by atoms with Crippen LogP contribution in [0.3, 0.4) is 0 Å². The van der Waals surface area contributed by atoms with E-state index in [2.05, 4.69) is 31.5 Å². The molecule has 12 nitrogen and oxygen atoms in total. The lowest BCUT2D eigenvalue weighted by molar-refractivity contribution is -0.133. The van der Waals surface area contributed by atoms with Gasteiger partial charge in [0, 0.05) is 13.1 Å². The number of carbonyl (C=O) groups excluding carboxylic acids is 5. The van der Waals surface area contributed by atoms with Crippen LogP contribution in [0, 0.1) is 5.92 Å². The maximum absolute atomic E-state index is 13.3. The summed E-state index contributed by atoms with van der Waals surface area (Å²) in [4.78, 5) is 67.2. The fraction of sp³-hybridized carbons (Fsp3) is 0.607. The highest BCUT2D eigenvalue weighted by atomic mass is 16.5. The molecular weight excluding hydrogens is 516 g/mol. The van der Waals surface area contributed by atoms with Crippen LogP contribution in [0.5, 0.6) is 5.75 Å². The molecule has 5 amide bonds. The summed E-state index contributed by atoms with van der Waals surface area (Å²) in [6, 6.07) is 3.06. The van der Waals surface area contributed by atoms with Crippen molar-refractivity contribution in [2.24, 2.45) is 5.92 Å². The molecule has 1 aliphatic heterocycles. The van der Waals surface area contributed by atoms with Gasteiger partial charge in [-0.3, -0.25) is 24.0 Å². The van der Waals surface area contributed by atoms with Crippen LogP contribution in [0.2, 0.25) is 0 Å². The van der Waals surface area contributed by atoms with Gasteiger partial charge in [0.2, 0.25) is 23.6 Å². The zero-order valence-electron chi connectivity index (χ0n) is 24.3. The average Bonchev–Trinajstić information content (AvgIpc) is 2.91. The maximum atomic E-state index is 13.3. The molecule has 0 aliphatic carbocycles. The molecule has 12 heteroatoms. The number of likely N-dealkylation sites (N-methyl/N-ethyl adjacent to an activating group) is 1. The smallest absolute Gasteiger partial charge is 0.255 e. The summed E-state index contributed by atoms with van der Waals surface area (Å²) >= 11 is 0. The molecule has 0 radical (unpaired) electrons. The van der Waals surface area contributed by atoms with Crippen molar-refractivity contribution < 1.29 is 28.7 Å². The van der Waals surface area contributed by atoms with E-state index in [1.54, 1.807) is 45.0 Å². The van der Waals surface area contributed by atoms with E-state index in [0.29, 0.717) is 13.1 Å². The largest absolute Gasteiger partial charge is 0.491 e. The molecule has 1 aromatic rings. The van der Waals surface area contributed by atoms with Gasteiger partial charge in [-0.2, -0.15) is 0 Å². The first-order chi connectivity index (χ1) is 19.0. The van der Waals surface area contributed by atoms with E-state index in [1.165, 1.54) is 6.92 Å². The summed E-state index contributed by atoms with van der Waals surface area (Å²) in [5.74, 6) is -2.64. The van der Waals surface area contributed by atoms with E-state index < -0.39 is 60.1 Å². The first kappa shape index (κ1) is 32.5. The van der Waals surface area contributed by atoms with Gasteiger partial charge < -0.3 is 36.2 Å². The van der Waals surface area contributed by atoms with Gasteiger partial charge in [-0.05, 0) is 45.0 Å². The Balaban J connectivity index is 2.34. The van der Waals surface area contributed by atoms with Gasteiger partial charge in [-0.25, -0.2) is 0 Å². The first-order valence-electron chi connectivity index (χ1n) is 13.9. The lowest BCUT2D eigenvalue weighted by Gasteiger charge is -2.25. The SMILES string of the molecule is CCN(CC)CCNC(=O)[C@@H]1CC(=O)N[C@@H](C)C(=O)N[C@H](C(C)C)C(=O)N[C@@H](C)COc2ccccc2C(=O)N1. The molecule has 2 rings (SSSR count). The molecule has 0 fully saturated rings. The Morgan fingerprint density at radius 2 is 1.68 bits per heavy atom. The molecule has 0 spiro atoms. The van der Waals surface area contributed by atoms with Gasteiger partial charge in [-0.1, -0.05) is 39.8 Å². The number of ether oxygens (including phenoxy) is 1. The maximum Gasteiger partial charge on any atom is 0.255 e. The van der Waals surface area contributed by atoms with Crippen molar-refractivity contribution in [3.05, 3.63) is 29.8 Å². The highest BCUT2D eigenvalue weighted by molar-refractivity contribution is 6.01. The van der Waals surface area contributed by atoms with Crippen LogP contribution in [0.25, 0.3) is 0 Å². The van der Waals surface area contributed by atoms with Crippen molar-refractivity contribution in [3.8, 4) is 5.75 Å². The summed E-state index contributed by atoms with van der Waals surface area (Å²) in [6.45, 7) is 13.5. The first-order valence-corrected chi connectivity index (χ1v) is 13.9. The van der Waals surface area contributed by atoms with Crippen molar-refractivity contribution in [2.75, 3.05) is 32.8 Å². The van der Waals surface area contributed by atoms with Crippen LogP contribution < -0.4 is 31.3 Å². The van der Waals surface area contributed by atoms with Gasteiger partial charge in [0.05, 0.1) is 18.0 Å². The number of hydrogen-bond acceptors (Lipinski definition) is 7. The Labute approximate surface area is 236 Å². The van der Waals surface area contributed by atoms with Crippen molar-refractivity contribution in [1.29, 1.82) is 0 Å². The molecule has 5 N–H and O–H groups in total. The topological polar surface area (TPSA) is 158 Å². The van der Waals surface area contributed by atoms with Crippen molar-refractivity contribution in [1.82, 2.24) is 31.5 Å². The zero-order chi connectivity index (χ0) is 29.8. The predicted octanol–water partition coefficient (Wildman–Crippen LogP) is 0.176. The third kappa shape index (κ3) is 9.82.